The number of aliphatic imine (C=N–C) groups is 4. The molecular formula is C6H8AgN5O3. The van der Waals surface area contributed by atoms with Gasteiger partial charge in [-0.1, -0.05) is 0 Å². The summed E-state index contributed by atoms with van der Waals surface area (Å²) in [5.41, 5.74) is 0. The zero-order valence-electron chi connectivity index (χ0n) is 7.49. The first-order chi connectivity index (χ1) is 6.73. The molecule has 2 aliphatic rings. The maximum atomic E-state index is 8.25. The quantitative estimate of drug-likeness (QED) is 0.355. The van der Waals surface area contributed by atoms with Crippen LogP contribution in [-0.4, -0.2) is 43.3 Å². The Morgan fingerprint density at radius 2 is 1.33 bits per heavy atom. The average molecular weight is 306 g/mol. The number of hydrogen-bond donors (Lipinski definition) is 0. The summed E-state index contributed by atoms with van der Waals surface area (Å²) in [5, 5.41) is 14.8. The van der Waals surface area contributed by atoms with Crippen LogP contribution in [-0.2, 0) is 22.4 Å². The van der Waals surface area contributed by atoms with E-state index in [9.17, 15) is 0 Å². The van der Waals surface area contributed by atoms with Crippen molar-refractivity contribution in [2.75, 3.05) is 13.1 Å². The van der Waals surface area contributed by atoms with Gasteiger partial charge in [0, 0.05) is 12.4 Å². The Kier molecular flexibility index (Phi) is 13.5. The van der Waals surface area contributed by atoms with Gasteiger partial charge < -0.3 is 15.3 Å². The van der Waals surface area contributed by atoms with Crippen molar-refractivity contribution in [3.63, 3.8) is 0 Å². The molecule has 86 valence electrons. The van der Waals surface area contributed by atoms with Crippen molar-refractivity contribution in [3.05, 3.63) is 15.3 Å². The molecular weight excluding hydrogens is 298 g/mol. The SMILES string of the molecule is C1=NC=NC1.C1=NC=NC1.O=[N+]([O-])[O-].[Ag+]. The Hall–Kier alpha value is -1.38. The Balaban J connectivity index is 0. The maximum Gasteiger partial charge on any atom is 1.00 e. The maximum absolute atomic E-state index is 8.25. The van der Waals surface area contributed by atoms with Gasteiger partial charge in [-0.15, -0.1) is 0 Å². The monoisotopic (exact) mass is 305 g/mol. The average Bonchev–Trinajstić information content (AvgIpc) is 2.83. The van der Waals surface area contributed by atoms with Crippen molar-refractivity contribution in [1.29, 1.82) is 0 Å². The van der Waals surface area contributed by atoms with E-state index in [0.717, 1.165) is 13.1 Å². The first-order valence-corrected chi connectivity index (χ1v) is 3.55. The molecule has 0 N–H and O–H groups in total. The molecule has 15 heavy (non-hydrogen) atoms. The molecule has 0 atom stereocenters. The zero-order chi connectivity index (χ0) is 10.6. The molecule has 8 nitrogen and oxygen atoms in total. The fourth-order valence-electron chi connectivity index (χ4n) is 0.471. The predicted octanol–water partition coefficient (Wildman–Crippen LogP) is -0.0434. The molecule has 0 aliphatic carbocycles. The molecule has 0 radical (unpaired) electrons. The van der Waals surface area contributed by atoms with E-state index < -0.39 is 5.09 Å². The minimum absolute atomic E-state index is 0. The summed E-state index contributed by atoms with van der Waals surface area (Å²) in [7, 11) is 0. The van der Waals surface area contributed by atoms with Crippen molar-refractivity contribution in [2.24, 2.45) is 20.0 Å². The second kappa shape index (κ2) is 12.6. The summed E-state index contributed by atoms with van der Waals surface area (Å²) in [6.45, 7) is 1.56. The van der Waals surface area contributed by atoms with Gasteiger partial charge in [-0.25, -0.2) is 9.98 Å². The summed E-state index contributed by atoms with van der Waals surface area (Å²) in [4.78, 5) is 23.1. The minimum Gasteiger partial charge on any atom is -0.356 e. The van der Waals surface area contributed by atoms with Crippen molar-refractivity contribution < 1.29 is 27.5 Å². The van der Waals surface area contributed by atoms with Gasteiger partial charge in [0.05, 0.1) is 18.2 Å². The molecule has 2 rings (SSSR count). The van der Waals surface area contributed by atoms with E-state index in [-0.39, 0.29) is 22.4 Å². The van der Waals surface area contributed by atoms with Gasteiger partial charge in [0.2, 0.25) is 0 Å². The van der Waals surface area contributed by atoms with Gasteiger partial charge in [0.25, 0.3) is 0 Å². The summed E-state index contributed by atoms with van der Waals surface area (Å²) in [6, 6.07) is 0. The third-order valence-corrected chi connectivity index (χ3v) is 0.882. The Morgan fingerprint density at radius 1 is 1.00 bits per heavy atom. The molecule has 0 aromatic heterocycles. The molecule has 0 spiro atoms. The first kappa shape index (κ1) is 16.1. The molecule has 2 aliphatic heterocycles. The molecule has 0 aromatic carbocycles. The van der Waals surface area contributed by atoms with Crippen LogP contribution in [0.25, 0.3) is 0 Å². The van der Waals surface area contributed by atoms with Crippen LogP contribution >= 0.6 is 0 Å². The summed E-state index contributed by atoms with van der Waals surface area (Å²) in [5.74, 6) is 0. The molecule has 0 unspecified atom stereocenters. The predicted molar refractivity (Wildman–Crippen MR) is 54.1 cm³/mol. The third-order valence-electron chi connectivity index (χ3n) is 0.882. The van der Waals surface area contributed by atoms with Crippen LogP contribution in [0, 0.1) is 15.3 Å². The van der Waals surface area contributed by atoms with Gasteiger partial charge in [0.15, 0.2) is 0 Å². The number of rotatable bonds is 0. The largest absolute Gasteiger partial charge is 1.00 e. The number of hydrogen-bond acceptors (Lipinski definition) is 7. The Labute approximate surface area is 101 Å². The normalized spacial score (nSPS) is 13.3. The van der Waals surface area contributed by atoms with Crippen LogP contribution in [0.5, 0.6) is 0 Å². The van der Waals surface area contributed by atoms with Crippen molar-refractivity contribution in [1.82, 2.24) is 0 Å². The van der Waals surface area contributed by atoms with Crippen molar-refractivity contribution in [2.45, 2.75) is 0 Å². The topological polar surface area (TPSA) is 116 Å². The Morgan fingerprint density at radius 3 is 1.40 bits per heavy atom. The van der Waals surface area contributed by atoms with Gasteiger partial charge in [0.1, 0.15) is 12.7 Å². The second-order valence-electron chi connectivity index (χ2n) is 1.85. The molecule has 9 heteroatoms. The van der Waals surface area contributed by atoms with Crippen LogP contribution in [0.3, 0.4) is 0 Å². The molecule has 0 amide bonds. The Bertz CT molecular complexity index is 230. The van der Waals surface area contributed by atoms with Crippen molar-refractivity contribution >= 4 is 25.1 Å². The van der Waals surface area contributed by atoms with Crippen molar-refractivity contribution in [3.8, 4) is 0 Å². The smallest absolute Gasteiger partial charge is 0.356 e. The van der Waals surface area contributed by atoms with Crippen LogP contribution in [0.4, 0.5) is 0 Å². The summed E-state index contributed by atoms with van der Waals surface area (Å²) in [6.07, 6.45) is 6.64. The van der Waals surface area contributed by atoms with E-state index >= 15 is 0 Å². The van der Waals surface area contributed by atoms with Crippen LogP contribution in [0.15, 0.2) is 20.0 Å². The third kappa shape index (κ3) is 19.2. The molecule has 0 saturated carbocycles. The van der Waals surface area contributed by atoms with E-state index in [1.54, 1.807) is 25.1 Å². The second-order valence-corrected chi connectivity index (χ2v) is 1.85. The fourth-order valence-corrected chi connectivity index (χ4v) is 0.471. The molecule has 0 saturated heterocycles. The summed E-state index contributed by atoms with van der Waals surface area (Å²) >= 11 is 0. The van der Waals surface area contributed by atoms with E-state index in [2.05, 4.69) is 20.0 Å². The van der Waals surface area contributed by atoms with Gasteiger partial charge >= 0.3 is 22.4 Å². The van der Waals surface area contributed by atoms with Crippen LogP contribution in [0.1, 0.15) is 0 Å². The first-order valence-electron chi connectivity index (χ1n) is 3.55. The van der Waals surface area contributed by atoms with E-state index in [4.69, 9.17) is 15.3 Å². The molecule has 2 heterocycles. The van der Waals surface area contributed by atoms with Gasteiger partial charge in [-0.05, 0) is 0 Å². The van der Waals surface area contributed by atoms with Crippen LogP contribution < -0.4 is 0 Å². The van der Waals surface area contributed by atoms with Gasteiger partial charge in [-0.3, -0.25) is 9.98 Å². The molecule has 0 fully saturated rings. The van der Waals surface area contributed by atoms with Gasteiger partial charge in [-0.2, -0.15) is 0 Å². The molecule has 0 bridgehead atoms. The van der Waals surface area contributed by atoms with Crippen LogP contribution in [0.2, 0.25) is 0 Å². The summed E-state index contributed by atoms with van der Waals surface area (Å²) < 4.78 is 0. The van der Waals surface area contributed by atoms with E-state index in [1.165, 1.54) is 0 Å². The minimum atomic E-state index is -1.75. The fraction of sp³-hybridized carbons (Fsp3) is 0.333. The number of nitrogens with zero attached hydrogens (tertiary/aromatic N) is 5. The standard InChI is InChI=1S/2C3H4N2.Ag.NO3/c2*1-2-5-3-4-1;;2-1(3)4/h2*1,3H,2H2;;/q;;+1;-1. The van der Waals surface area contributed by atoms with E-state index in [1.807, 2.05) is 0 Å². The van der Waals surface area contributed by atoms with E-state index in [0.29, 0.717) is 0 Å². The zero-order valence-corrected chi connectivity index (χ0v) is 8.97. The molecule has 0 aromatic rings.